The number of aliphatic hydroxyl groups is 1. The number of aliphatic hydroxyl groups excluding tert-OH is 1. The highest BCUT2D eigenvalue weighted by Crippen LogP contribution is 2.34. The average Bonchev–Trinajstić information content (AvgIpc) is 2.84. The molecule has 214 valence electrons. The van der Waals surface area contributed by atoms with Crippen molar-refractivity contribution in [1.82, 2.24) is 10.2 Å². The molecule has 8 nitrogen and oxygen atoms in total. The molecule has 0 spiro atoms. The molecule has 40 heavy (non-hydrogen) atoms. The Kier molecular flexibility index (Phi) is 9.25. The molecular weight excluding hydrogens is 506 g/mol. The molecule has 0 saturated carbocycles. The lowest BCUT2D eigenvalue weighted by molar-refractivity contribution is -0.147. The van der Waals surface area contributed by atoms with E-state index in [1.165, 1.54) is 4.90 Å². The summed E-state index contributed by atoms with van der Waals surface area (Å²) in [5, 5.41) is 17.7. The third-order valence-corrected chi connectivity index (χ3v) is 6.47. The van der Waals surface area contributed by atoms with E-state index in [0.29, 0.717) is 11.3 Å². The summed E-state index contributed by atoms with van der Waals surface area (Å²) in [5.41, 5.74) is 1.27. The zero-order chi connectivity index (χ0) is 29.8. The lowest BCUT2D eigenvalue weighted by Crippen LogP contribution is -2.59. The minimum absolute atomic E-state index is 0.412. The summed E-state index contributed by atoms with van der Waals surface area (Å²) in [6, 6.07) is 16.8. The van der Waals surface area contributed by atoms with Crippen molar-refractivity contribution in [3.8, 4) is 0 Å². The lowest BCUT2D eigenvalue weighted by atomic mass is 9.90. The van der Waals surface area contributed by atoms with Gasteiger partial charge in [0.25, 0.3) is 5.91 Å². The average molecular weight is 548 g/mol. The number of carbonyl (C=O) groups excluding carboxylic acids is 3. The Bertz CT molecular complexity index is 1370. The van der Waals surface area contributed by atoms with Gasteiger partial charge in [0, 0.05) is 11.2 Å². The van der Waals surface area contributed by atoms with E-state index in [1.54, 1.807) is 20.8 Å². The van der Waals surface area contributed by atoms with Gasteiger partial charge in [0.15, 0.2) is 0 Å². The van der Waals surface area contributed by atoms with Crippen molar-refractivity contribution >= 4 is 34.4 Å². The molecule has 8 heteroatoms. The standard InChI is InChI=1S/C32H41N3O5/c1-20-12-11-13-21(2)26(20)27(28(37)33-24-17-16-22-14-9-10-15-23(22)18-24)35(31(3,4)5)29(38)25(19-36)34-30(39)40-32(6,7)8/h9-18,25,27,36H,19H2,1-8H3,(H,33,37)(H,34,39). The van der Waals surface area contributed by atoms with E-state index < -0.39 is 47.7 Å². The van der Waals surface area contributed by atoms with E-state index in [4.69, 9.17) is 4.74 Å². The van der Waals surface area contributed by atoms with Crippen molar-refractivity contribution in [2.75, 3.05) is 11.9 Å². The van der Waals surface area contributed by atoms with Crippen LogP contribution in [0.5, 0.6) is 0 Å². The van der Waals surface area contributed by atoms with E-state index in [9.17, 15) is 19.5 Å². The first-order valence-electron chi connectivity index (χ1n) is 13.4. The summed E-state index contributed by atoms with van der Waals surface area (Å²) in [6.07, 6.45) is -0.835. The zero-order valence-electron chi connectivity index (χ0n) is 24.7. The molecule has 0 bridgehead atoms. The number of hydrogen-bond donors (Lipinski definition) is 3. The molecule has 0 aromatic heterocycles. The van der Waals surface area contributed by atoms with Gasteiger partial charge in [-0.15, -0.1) is 0 Å². The third-order valence-electron chi connectivity index (χ3n) is 6.47. The number of carbonyl (C=O) groups is 3. The van der Waals surface area contributed by atoms with Gasteiger partial charge in [-0.1, -0.05) is 48.5 Å². The van der Waals surface area contributed by atoms with Crippen LogP contribution in [0.2, 0.25) is 0 Å². The second-order valence-corrected chi connectivity index (χ2v) is 12.0. The minimum Gasteiger partial charge on any atom is -0.444 e. The summed E-state index contributed by atoms with van der Waals surface area (Å²) in [5.74, 6) is -1.02. The first-order valence-corrected chi connectivity index (χ1v) is 13.4. The van der Waals surface area contributed by atoms with Gasteiger partial charge in [0.1, 0.15) is 17.7 Å². The number of aryl methyl sites for hydroxylation is 2. The highest BCUT2D eigenvalue weighted by molar-refractivity contribution is 6.01. The van der Waals surface area contributed by atoms with E-state index in [2.05, 4.69) is 10.6 Å². The Morgan fingerprint density at radius 3 is 2.02 bits per heavy atom. The maximum atomic E-state index is 14.2. The number of rotatable bonds is 7. The summed E-state index contributed by atoms with van der Waals surface area (Å²) >= 11 is 0. The Hall–Kier alpha value is -3.91. The first-order chi connectivity index (χ1) is 18.6. The summed E-state index contributed by atoms with van der Waals surface area (Å²) in [4.78, 5) is 42.3. The number of hydrogen-bond acceptors (Lipinski definition) is 5. The van der Waals surface area contributed by atoms with Crippen molar-refractivity contribution in [2.45, 2.75) is 78.6 Å². The molecule has 2 unspecified atom stereocenters. The highest BCUT2D eigenvalue weighted by Gasteiger charge is 2.42. The van der Waals surface area contributed by atoms with Crippen molar-refractivity contribution in [2.24, 2.45) is 0 Å². The SMILES string of the molecule is Cc1cccc(C)c1C(C(=O)Nc1ccc2ccccc2c1)N(C(=O)C(CO)NC(=O)OC(C)(C)C)C(C)(C)C. The van der Waals surface area contributed by atoms with Crippen LogP contribution in [0.25, 0.3) is 10.8 Å². The molecule has 2 atom stereocenters. The van der Waals surface area contributed by atoms with E-state index in [1.807, 2.05) is 95.3 Å². The Morgan fingerprint density at radius 1 is 0.875 bits per heavy atom. The molecule has 3 aromatic carbocycles. The molecule has 0 heterocycles. The summed E-state index contributed by atoms with van der Waals surface area (Å²) in [7, 11) is 0. The van der Waals surface area contributed by atoms with Gasteiger partial charge >= 0.3 is 6.09 Å². The van der Waals surface area contributed by atoms with Gasteiger partial charge < -0.3 is 25.4 Å². The number of amides is 3. The second kappa shape index (κ2) is 12.1. The zero-order valence-corrected chi connectivity index (χ0v) is 24.7. The molecule has 3 amide bonds. The van der Waals surface area contributed by atoms with E-state index >= 15 is 0 Å². The smallest absolute Gasteiger partial charge is 0.408 e. The minimum atomic E-state index is -1.32. The number of nitrogens with one attached hydrogen (secondary N) is 2. The van der Waals surface area contributed by atoms with Crippen molar-refractivity contribution < 1.29 is 24.2 Å². The number of nitrogens with zero attached hydrogens (tertiary/aromatic N) is 1. The lowest BCUT2D eigenvalue weighted by Gasteiger charge is -2.43. The monoisotopic (exact) mass is 547 g/mol. The predicted octanol–water partition coefficient (Wildman–Crippen LogP) is 5.65. The van der Waals surface area contributed by atoms with Gasteiger partial charge in [-0.25, -0.2) is 4.79 Å². The fourth-order valence-electron chi connectivity index (χ4n) is 4.76. The van der Waals surface area contributed by atoms with Crippen LogP contribution in [0.4, 0.5) is 10.5 Å². The van der Waals surface area contributed by atoms with Crippen LogP contribution in [0.1, 0.15) is 64.3 Å². The van der Waals surface area contributed by atoms with Crippen LogP contribution in [0, 0.1) is 13.8 Å². The van der Waals surface area contributed by atoms with E-state index in [-0.39, 0.29) is 0 Å². The van der Waals surface area contributed by atoms with Crippen LogP contribution < -0.4 is 10.6 Å². The number of benzene rings is 3. The largest absolute Gasteiger partial charge is 0.444 e. The fourth-order valence-corrected chi connectivity index (χ4v) is 4.76. The van der Waals surface area contributed by atoms with Gasteiger partial charge in [-0.05, 0) is 95.0 Å². The fraction of sp³-hybridized carbons (Fsp3) is 0.406. The summed E-state index contributed by atoms with van der Waals surface area (Å²) < 4.78 is 5.32. The molecular formula is C32H41N3O5. The number of ether oxygens (including phenoxy) is 1. The number of fused-ring (bicyclic) bond motifs is 1. The first kappa shape index (κ1) is 30.6. The topological polar surface area (TPSA) is 108 Å². The van der Waals surface area contributed by atoms with Crippen LogP contribution in [-0.2, 0) is 14.3 Å². The molecule has 0 aliphatic heterocycles. The third kappa shape index (κ3) is 7.39. The second-order valence-electron chi connectivity index (χ2n) is 12.0. The molecule has 3 aromatic rings. The predicted molar refractivity (Wildman–Crippen MR) is 158 cm³/mol. The van der Waals surface area contributed by atoms with Crippen LogP contribution in [0.15, 0.2) is 60.7 Å². The van der Waals surface area contributed by atoms with Crippen molar-refractivity contribution in [1.29, 1.82) is 0 Å². The molecule has 0 aliphatic rings. The molecule has 3 N–H and O–H groups in total. The van der Waals surface area contributed by atoms with Gasteiger partial charge in [0.2, 0.25) is 5.91 Å². The molecule has 0 fully saturated rings. The van der Waals surface area contributed by atoms with Crippen molar-refractivity contribution in [3.05, 3.63) is 77.4 Å². The number of anilines is 1. The van der Waals surface area contributed by atoms with Gasteiger partial charge in [-0.3, -0.25) is 9.59 Å². The van der Waals surface area contributed by atoms with Crippen LogP contribution in [-0.4, -0.2) is 51.7 Å². The Morgan fingerprint density at radius 2 is 1.48 bits per heavy atom. The molecule has 3 rings (SSSR count). The maximum absolute atomic E-state index is 14.2. The molecule has 0 radical (unpaired) electrons. The van der Waals surface area contributed by atoms with E-state index in [0.717, 1.165) is 21.9 Å². The highest BCUT2D eigenvalue weighted by atomic mass is 16.6. The normalized spacial score (nSPS) is 13.3. The maximum Gasteiger partial charge on any atom is 0.408 e. The van der Waals surface area contributed by atoms with Crippen molar-refractivity contribution in [3.63, 3.8) is 0 Å². The van der Waals surface area contributed by atoms with Gasteiger partial charge in [0.05, 0.1) is 6.61 Å². The summed E-state index contributed by atoms with van der Waals surface area (Å²) in [6.45, 7) is 13.7. The van der Waals surface area contributed by atoms with Gasteiger partial charge in [-0.2, -0.15) is 0 Å². The molecule has 0 aliphatic carbocycles. The Labute approximate surface area is 236 Å². The quantitative estimate of drug-likeness (QED) is 0.354. The molecule has 0 saturated heterocycles. The van der Waals surface area contributed by atoms with Crippen LogP contribution >= 0.6 is 0 Å². The number of alkyl carbamates (subject to hydrolysis) is 1. The Balaban J connectivity index is 2.08. The van der Waals surface area contributed by atoms with Crippen LogP contribution in [0.3, 0.4) is 0 Å².